The van der Waals surface area contributed by atoms with E-state index in [9.17, 15) is 14.4 Å². The number of benzene rings is 2. The van der Waals surface area contributed by atoms with Crippen molar-refractivity contribution >= 4 is 17.4 Å². The van der Waals surface area contributed by atoms with E-state index in [1.54, 1.807) is 0 Å². The molecule has 9 rings (SSSR count). The fraction of sp³-hybridized carbons (Fsp3) is 0.612. The number of ketones is 1. The average Bonchev–Trinajstić information content (AvgIpc) is 3.21. The average molecular weight is 790 g/mol. The van der Waals surface area contributed by atoms with Gasteiger partial charge in [0, 0.05) is 100 Å². The molecule has 9 heteroatoms. The van der Waals surface area contributed by atoms with E-state index in [4.69, 9.17) is 4.74 Å². The quantitative estimate of drug-likeness (QED) is 0.162. The van der Waals surface area contributed by atoms with Crippen molar-refractivity contribution in [1.82, 2.24) is 20.1 Å². The Balaban J connectivity index is 0.874. The minimum Gasteiger partial charge on any atom is -0.381 e. The normalized spacial score (nSPS) is 24.9. The third-order valence-corrected chi connectivity index (χ3v) is 14.8. The number of H-pyrrole nitrogens is 1. The molecule has 3 heterocycles. The number of rotatable bonds is 15. The van der Waals surface area contributed by atoms with Crippen LogP contribution in [0.15, 0.2) is 47.3 Å². The Kier molecular flexibility index (Phi) is 12.9. The number of Topliss-reactive ketones (excluding diaryl/α,β-unsaturated/α-hetero) is 1. The van der Waals surface area contributed by atoms with Gasteiger partial charge in [-0.05, 0) is 161 Å². The van der Waals surface area contributed by atoms with E-state index in [1.807, 2.05) is 32.9 Å². The van der Waals surface area contributed by atoms with Crippen molar-refractivity contribution in [2.45, 2.75) is 111 Å². The SMILES string of the molecule is CCN(c1cc(-c2ccc(CN3CCN(CCCC(=O)CC4C5CC6CC(C5)CC4C6)CC3)cc2)cc(C(=O)NCc2c(C)cc(C)[nH]c2=O)c1C)C1CCOCC1. The number of carbonyl (C=O) groups is 2. The summed E-state index contributed by atoms with van der Waals surface area (Å²) in [6, 6.07) is 15.4. The summed E-state index contributed by atoms with van der Waals surface area (Å²) < 4.78 is 5.71. The lowest BCUT2D eigenvalue weighted by atomic mass is 9.51. The minimum atomic E-state index is -0.178. The van der Waals surface area contributed by atoms with Crippen molar-refractivity contribution in [3.63, 3.8) is 0 Å². The zero-order valence-corrected chi connectivity index (χ0v) is 35.6. The number of aromatic amines is 1. The number of anilines is 1. The summed E-state index contributed by atoms with van der Waals surface area (Å²) in [5.41, 5.74) is 8.14. The van der Waals surface area contributed by atoms with Crippen LogP contribution in [0.4, 0.5) is 5.69 Å². The fourth-order valence-corrected chi connectivity index (χ4v) is 11.9. The van der Waals surface area contributed by atoms with Gasteiger partial charge in [-0.2, -0.15) is 0 Å². The monoisotopic (exact) mass is 790 g/mol. The number of aromatic nitrogens is 1. The highest BCUT2D eigenvalue weighted by molar-refractivity contribution is 5.99. The van der Waals surface area contributed by atoms with Gasteiger partial charge in [0.2, 0.25) is 0 Å². The van der Waals surface area contributed by atoms with Crippen LogP contribution in [0.2, 0.25) is 0 Å². The lowest BCUT2D eigenvalue weighted by Gasteiger charge is -2.54. The van der Waals surface area contributed by atoms with Gasteiger partial charge in [-0.25, -0.2) is 0 Å². The largest absolute Gasteiger partial charge is 0.381 e. The van der Waals surface area contributed by atoms with Crippen molar-refractivity contribution in [2.24, 2.45) is 29.6 Å². The van der Waals surface area contributed by atoms with Crippen LogP contribution in [0.3, 0.4) is 0 Å². The first-order chi connectivity index (χ1) is 28.1. The third-order valence-electron chi connectivity index (χ3n) is 14.8. The highest BCUT2D eigenvalue weighted by Crippen LogP contribution is 2.57. The highest BCUT2D eigenvalue weighted by atomic mass is 16.5. The van der Waals surface area contributed by atoms with E-state index in [-0.39, 0.29) is 18.0 Å². The number of pyridine rings is 1. The van der Waals surface area contributed by atoms with E-state index in [2.05, 4.69) is 62.3 Å². The third kappa shape index (κ3) is 9.32. The van der Waals surface area contributed by atoms with Crippen LogP contribution in [-0.2, 0) is 22.6 Å². The van der Waals surface area contributed by atoms with Crippen LogP contribution >= 0.6 is 0 Å². The second-order valence-corrected chi connectivity index (χ2v) is 18.7. The van der Waals surface area contributed by atoms with Crippen molar-refractivity contribution in [3.8, 4) is 11.1 Å². The molecule has 1 amide bonds. The van der Waals surface area contributed by atoms with E-state index >= 15 is 0 Å². The van der Waals surface area contributed by atoms with Gasteiger partial charge in [0.05, 0.1) is 0 Å². The van der Waals surface area contributed by atoms with Gasteiger partial charge in [0.25, 0.3) is 11.5 Å². The summed E-state index contributed by atoms with van der Waals surface area (Å²) >= 11 is 0. The maximum atomic E-state index is 14.0. The first-order valence-corrected chi connectivity index (χ1v) is 22.6. The van der Waals surface area contributed by atoms with E-state index in [1.165, 1.54) is 37.7 Å². The first kappa shape index (κ1) is 41.0. The van der Waals surface area contributed by atoms with Gasteiger partial charge in [0.15, 0.2) is 0 Å². The minimum absolute atomic E-state index is 0.159. The fourth-order valence-electron chi connectivity index (χ4n) is 11.9. The van der Waals surface area contributed by atoms with Gasteiger partial charge in [-0.15, -0.1) is 0 Å². The smallest absolute Gasteiger partial charge is 0.253 e. The maximum Gasteiger partial charge on any atom is 0.253 e. The van der Waals surface area contributed by atoms with Gasteiger partial charge in [-0.1, -0.05) is 24.3 Å². The molecule has 0 spiro atoms. The second kappa shape index (κ2) is 18.2. The molecule has 2 N–H and O–H groups in total. The number of aryl methyl sites for hydroxylation is 2. The molecule has 2 aliphatic heterocycles. The van der Waals surface area contributed by atoms with Crippen LogP contribution in [0.5, 0.6) is 0 Å². The molecule has 6 fully saturated rings. The van der Waals surface area contributed by atoms with Crippen molar-refractivity contribution in [2.75, 3.05) is 57.4 Å². The Labute approximate surface area is 346 Å². The Bertz CT molecular complexity index is 1950. The molecule has 4 saturated carbocycles. The van der Waals surface area contributed by atoms with Crippen molar-refractivity contribution < 1.29 is 14.3 Å². The van der Waals surface area contributed by atoms with Crippen LogP contribution < -0.4 is 15.8 Å². The Morgan fingerprint density at radius 2 is 1.53 bits per heavy atom. The molecule has 2 saturated heterocycles. The summed E-state index contributed by atoms with van der Waals surface area (Å²) in [6.07, 6.45) is 11.6. The molecule has 0 unspecified atom stereocenters. The molecule has 0 radical (unpaired) electrons. The molecule has 0 atom stereocenters. The Hall–Kier alpha value is -3.79. The molecule has 3 aromatic rings. The van der Waals surface area contributed by atoms with E-state index in [0.29, 0.717) is 28.9 Å². The number of nitrogens with one attached hydrogen (secondary N) is 2. The topological polar surface area (TPSA) is 98.0 Å². The zero-order valence-electron chi connectivity index (χ0n) is 35.6. The number of carbonyl (C=O) groups excluding carboxylic acids is 2. The first-order valence-electron chi connectivity index (χ1n) is 22.6. The molecule has 9 nitrogen and oxygen atoms in total. The molecule has 2 aromatic carbocycles. The highest BCUT2D eigenvalue weighted by Gasteiger charge is 2.48. The molecule has 312 valence electrons. The number of hydrogen-bond donors (Lipinski definition) is 2. The lowest BCUT2D eigenvalue weighted by molar-refractivity contribution is -0.124. The van der Waals surface area contributed by atoms with Gasteiger partial charge in [0.1, 0.15) is 5.78 Å². The predicted octanol–water partition coefficient (Wildman–Crippen LogP) is 7.83. The molecular formula is C49H67N5O4. The number of hydrogen-bond acceptors (Lipinski definition) is 7. The molecule has 1 aromatic heterocycles. The van der Waals surface area contributed by atoms with Crippen LogP contribution in [0.25, 0.3) is 11.1 Å². The molecule has 4 bridgehead atoms. The lowest BCUT2D eigenvalue weighted by Crippen LogP contribution is -2.46. The molecular weight excluding hydrogens is 723 g/mol. The Morgan fingerprint density at radius 3 is 2.19 bits per heavy atom. The van der Waals surface area contributed by atoms with Crippen LogP contribution in [0, 0.1) is 50.4 Å². The van der Waals surface area contributed by atoms with Crippen molar-refractivity contribution in [3.05, 3.63) is 86.3 Å². The number of amides is 1. The summed E-state index contributed by atoms with van der Waals surface area (Å²) in [6.45, 7) is 16.6. The number of ether oxygens (including phenoxy) is 1. The summed E-state index contributed by atoms with van der Waals surface area (Å²) in [4.78, 5) is 50.2. The summed E-state index contributed by atoms with van der Waals surface area (Å²) in [7, 11) is 0. The van der Waals surface area contributed by atoms with Gasteiger partial charge in [-0.3, -0.25) is 19.3 Å². The molecule has 4 aliphatic carbocycles. The van der Waals surface area contributed by atoms with Crippen molar-refractivity contribution in [1.29, 1.82) is 0 Å². The molecule has 58 heavy (non-hydrogen) atoms. The standard InChI is InChI=1S/C49H67N5O4/c1-5-54(42-12-19-58-20-13-42)47-28-39(27-44(34(47)4)48(56)50-30-46-32(2)21-33(3)51-49(46)57)38-10-8-35(9-11-38)31-53-17-15-52(16-18-53)14-6-7-43(55)29-45-40-23-36-22-37(25-40)26-41(45)24-36/h8-11,21,27-28,36-37,40-42,45H,5-7,12-20,22-26,29-31H2,1-4H3,(H,50,56)(H,51,57). The predicted molar refractivity (Wildman–Crippen MR) is 232 cm³/mol. The number of nitrogens with zero attached hydrogens (tertiary/aromatic N) is 3. The van der Waals surface area contributed by atoms with Gasteiger partial charge >= 0.3 is 0 Å². The van der Waals surface area contributed by atoms with E-state index in [0.717, 1.165) is 148 Å². The second-order valence-electron chi connectivity index (χ2n) is 18.7. The van der Waals surface area contributed by atoms with E-state index < -0.39 is 0 Å². The maximum absolute atomic E-state index is 14.0. The van der Waals surface area contributed by atoms with Crippen LogP contribution in [0.1, 0.15) is 109 Å². The molecule has 6 aliphatic rings. The Morgan fingerprint density at radius 1 is 0.862 bits per heavy atom. The van der Waals surface area contributed by atoms with Gasteiger partial charge < -0.3 is 24.8 Å². The van der Waals surface area contributed by atoms with Crippen LogP contribution in [-0.4, -0.2) is 85.0 Å². The zero-order chi connectivity index (χ0) is 40.3. The summed E-state index contributed by atoms with van der Waals surface area (Å²) in [5.74, 6) is 4.68. The summed E-state index contributed by atoms with van der Waals surface area (Å²) in [5, 5.41) is 3.08. The number of piperazine rings is 1.